The van der Waals surface area contributed by atoms with Gasteiger partial charge >= 0.3 is 0 Å². The fraction of sp³-hybridized carbons (Fsp3) is 0.488. The van der Waals surface area contributed by atoms with Gasteiger partial charge in [-0.2, -0.15) is 0 Å². The second-order valence-electron chi connectivity index (χ2n) is 13.9. The lowest BCUT2D eigenvalue weighted by atomic mass is 9.71. The summed E-state index contributed by atoms with van der Waals surface area (Å²) in [5, 5.41) is 0. The molecule has 3 heteroatoms. The molecule has 0 nitrogen and oxygen atoms in total. The number of benzene rings is 3. The van der Waals surface area contributed by atoms with Crippen LogP contribution in [0, 0.1) is 35.2 Å². The normalized spacial score (nSPS) is 20.3. The first-order valence-corrected chi connectivity index (χ1v) is 18.2. The third-order valence-electron chi connectivity index (χ3n) is 10.7. The molecular weight excluding hydrogens is 573 g/mol. The fourth-order valence-corrected chi connectivity index (χ4v) is 7.86. The number of hydrogen-bond acceptors (Lipinski definition) is 0. The van der Waals surface area contributed by atoms with Gasteiger partial charge in [0, 0.05) is 11.1 Å². The molecule has 3 aromatic rings. The third kappa shape index (κ3) is 8.84. The second-order valence-corrected chi connectivity index (χ2v) is 13.9. The number of halogens is 3. The first-order chi connectivity index (χ1) is 22.5. The van der Waals surface area contributed by atoms with E-state index in [4.69, 9.17) is 0 Å². The number of aryl methyl sites for hydroxylation is 1. The highest BCUT2D eigenvalue weighted by molar-refractivity contribution is 5.74. The molecule has 0 N–H and O–H groups in total. The third-order valence-corrected chi connectivity index (χ3v) is 10.7. The summed E-state index contributed by atoms with van der Waals surface area (Å²) in [6.45, 7) is 4.34. The van der Waals surface area contributed by atoms with E-state index in [0.717, 1.165) is 61.0 Å². The smallest absolute Gasteiger partial charge is 0.166 e. The van der Waals surface area contributed by atoms with Crippen molar-refractivity contribution in [3.63, 3.8) is 0 Å². The summed E-state index contributed by atoms with van der Waals surface area (Å²) in [5.74, 6) is 0.541. The minimum absolute atomic E-state index is 0.243. The SMILES string of the molecule is C/C=C/C1CCC(C2CC=C(c3ccc(-c4ccc(-c5ccc(CCCCCCCCCC)c(F)c5F)cc4)c(F)c3)CC2)CC1. The van der Waals surface area contributed by atoms with Crippen LogP contribution in [0.1, 0.15) is 121 Å². The average Bonchev–Trinajstić information content (AvgIpc) is 3.08. The van der Waals surface area contributed by atoms with E-state index in [-0.39, 0.29) is 11.4 Å². The topological polar surface area (TPSA) is 0 Å². The van der Waals surface area contributed by atoms with Crippen molar-refractivity contribution in [1.82, 2.24) is 0 Å². The fourth-order valence-electron chi connectivity index (χ4n) is 7.86. The van der Waals surface area contributed by atoms with E-state index in [1.165, 1.54) is 69.8 Å². The van der Waals surface area contributed by atoms with Gasteiger partial charge < -0.3 is 0 Å². The zero-order valence-corrected chi connectivity index (χ0v) is 28.1. The minimum atomic E-state index is -0.801. The highest BCUT2D eigenvalue weighted by atomic mass is 19.2. The van der Waals surface area contributed by atoms with Gasteiger partial charge in [-0.05, 0) is 116 Å². The van der Waals surface area contributed by atoms with Crippen LogP contribution in [0.2, 0.25) is 0 Å². The predicted molar refractivity (Wildman–Crippen MR) is 189 cm³/mol. The molecule has 5 rings (SSSR count). The van der Waals surface area contributed by atoms with Gasteiger partial charge in [0.2, 0.25) is 0 Å². The van der Waals surface area contributed by atoms with Gasteiger partial charge in [0.1, 0.15) is 5.82 Å². The van der Waals surface area contributed by atoms with Gasteiger partial charge in [0.05, 0.1) is 0 Å². The monoisotopic (exact) mass is 626 g/mol. The molecule has 3 aromatic carbocycles. The van der Waals surface area contributed by atoms with Crippen LogP contribution in [0.5, 0.6) is 0 Å². The van der Waals surface area contributed by atoms with Crippen molar-refractivity contribution in [3.05, 3.63) is 101 Å². The lowest BCUT2D eigenvalue weighted by molar-refractivity contribution is 0.212. The minimum Gasteiger partial charge on any atom is -0.206 e. The van der Waals surface area contributed by atoms with Crippen LogP contribution >= 0.6 is 0 Å². The molecule has 0 saturated heterocycles. The molecule has 0 heterocycles. The van der Waals surface area contributed by atoms with Crippen LogP contribution in [0.3, 0.4) is 0 Å². The molecule has 246 valence electrons. The molecule has 0 spiro atoms. The molecule has 0 amide bonds. The molecule has 0 aliphatic heterocycles. The Balaban J connectivity index is 1.16. The van der Waals surface area contributed by atoms with Crippen LogP contribution in [0.4, 0.5) is 13.2 Å². The van der Waals surface area contributed by atoms with Crippen LogP contribution in [-0.4, -0.2) is 0 Å². The van der Waals surface area contributed by atoms with Crippen molar-refractivity contribution < 1.29 is 13.2 Å². The lowest BCUT2D eigenvalue weighted by Crippen LogP contribution is -2.22. The maximum atomic E-state index is 15.4. The van der Waals surface area contributed by atoms with Crippen molar-refractivity contribution in [3.8, 4) is 22.3 Å². The molecule has 0 radical (unpaired) electrons. The summed E-state index contributed by atoms with van der Waals surface area (Å²) in [6, 6.07) is 16.1. The maximum Gasteiger partial charge on any atom is 0.166 e. The largest absolute Gasteiger partial charge is 0.206 e. The number of unbranched alkanes of at least 4 members (excludes halogenated alkanes) is 7. The van der Waals surface area contributed by atoms with E-state index >= 15 is 8.78 Å². The van der Waals surface area contributed by atoms with Gasteiger partial charge in [0.15, 0.2) is 11.6 Å². The highest BCUT2D eigenvalue weighted by Gasteiger charge is 2.28. The van der Waals surface area contributed by atoms with Crippen molar-refractivity contribution in [2.75, 3.05) is 0 Å². The number of allylic oxidation sites excluding steroid dienone is 4. The van der Waals surface area contributed by atoms with Crippen molar-refractivity contribution in [2.45, 2.75) is 117 Å². The first-order valence-electron chi connectivity index (χ1n) is 18.2. The summed E-state index contributed by atoms with van der Waals surface area (Å²) < 4.78 is 45.5. The van der Waals surface area contributed by atoms with Crippen molar-refractivity contribution in [2.24, 2.45) is 17.8 Å². The summed E-state index contributed by atoms with van der Waals surface area (Å²) >= 11 is 0. The highest BCUT2D eigenvalue weighted by Crippen LogP contribution is 2.42. The summed E-state index contributed by atoms with van der Waals surface area (Å²) in [5.41, 5.74) is 4.75. The summed E-state index contributed by atoms with van der Waals surface area (Å²) in [6.07, 6.45) is 25.4. The van der Waals surface area contributed by atoms with Crippen LogP contribution in [0.25, 0.3) is 27.8 Å². The number of rotatable bonds is 14. The molecule has 1 saturated carbocycles. The Morgan fingerprint density at radius 2 is 1.28 bits per heavy atom. The predicted octanol–water partition coefficient (Wildman–Crippen LogP) is 13.7. The Morgan fingerprint density at radius 1 is 0.652 bits per heavy atom. The van der Waals surface area contributed by atoms with E-state index < -0.39 is 11.6 Å². The zero-order valence-electron chi connectivity index (χ0n) is 28.1. The van der Waals surface area contributed by atoms with E-state index in [1.807, 2.05) is 12.1 Å². The molecule has 46 heavy (non-hydrogen) atoms. The summed E-state index contributed by atoms with van der Waals surface area (Å²) in [4.78, 5) is 0. The maximum absolute atomic E-state index is 15.4. The van der Waals surface area contributed by atoms with E-state index in [0.29, 0.717) is 23.1 Å². The van der Waals surface area contributed by atoms with E-state index in [9.17, 15) is 4.39 Å². The van der Waals surface area contributed by atoms with Crippen molar-refractivity contribution >= 4 is 5.57 Å². The van der Waals surface area contributed by atoms with Gasteiger partial charge in [-0.25, -0.2) is 13.2 Å². The molecule has 1 unspecified atom stereocenters. The Kier molecular flexibility index (Phi) is 12.8. The molecule has 0 bridgehead atoms. The average molecular weight is 627 g/mol. The van der Waals surface area contributed by atoms with Crippen LogP contribution in [0.15, 0.2) is 72.8 Å². The summed E-state index contributed by atoms with van der Waals surface area (Å²) in [7, 11) is 0. The molecule has 0 aromatic heterocycles. The first kappa shape index (κ1) is 34.3. The molecule has 2 aliphatic carbocycles. The standard InChI is InChI=1S/C43H53F3/c1-3-5-6-7-8-9-10-11-13-37-26-29-40(43(46)42(37)45)36-24-22-35(23-25-36)39-28-27-38(30-41(39)44)34-20-18-33(19-21-34)32-16-14-31(12-4-2)15-17-32/h4,12,20,22-33H,3,5-11,13-19,21H2,1-2H3/b12-4+. The zero-order chi connectivity index (χ0) is 32.3. The second kappa shape index (κ2) is 17.2. The molecule has 1 atom stereocenters. The lowest BCUT2D eigenvalue weighted by Gasteiger charge is -2.34. The van der Waals surface area contributed by atoms with Gasteiger partial charge in [-0.15, -0.1) is 0 Å². The Bertz CT molecular complexity index is 1460. The van der Waals surface area contributed by atoms with E-state index in [2.05, 4.69) is 32.1 Å². The molecular formula is C43H53F3. The Hall–Kier alpha value is -3.07. The van der Waals surface area contributed by atoms with Crippen molar-refractivity contribution in [1.29, 1.82) is 0 Å². The number of hydrogen-bond donors (Lipinski definition) is 0. The quantitative estimate of drug-likeness (QED) is 0.123. The van der Waals surface area contributed by atoms with Gasteiger partial charge in [-0.3, -0.25) is 0 Å². The van der Waals surface area contributed by atoms with E-state index in [1.54, 1.807) is 42.5 Å². The van der Waals surface area contributed by atoms with Gasteiger partial charge in [0.25, 0.3) is 0 Å². The molecule has 1 fully saturated rings. The van der Waals surface area contributed by atoms with Crippen LogP contribution < -0.4 is 0 Å². The Morgan fingerprint density at radius 3 is 1.91 bits per heavy atom. The van der Waals surface area contributed by atoms with Crippen LogP contribution in [-0.2, 0) is 6.42 Å². The van der Waals surface area contributed by atoms with Gasteiger partial charge in [-0.1, -0.05) is 119 Å². The molecule has 2 aliphatic rings. The Labute approximate surface area is 276 Å².